The molecule has 1 aromatic heterocycles. The molecule has 106 valence electrons. The third kappa shape index (κ3) is 2.22. The highest BCUT2D eigenvalue weighted by Gasteiger charge is 2.53. The molecule has 0 amide bonds. The van der Waals surface area contributed by atoms with E-state index < -0.39 is 7.12 Å². The zero-order valence-electron chi connectivity index (χ0n) is 12.6. The SMILES string of the molecule is CCc1c(B2OC(C)(C)C(C)(C)O2)c(CO)nn1C. The van der Waals surface area contributed by atoms with Crippen LogP contribution >= 0.6 is 0 Å². The van der Waals surface area contributed by atoms with E-state index >= 15 is 0 Å². The Morgan fingerprint density at radius 2 is 1.74 bits per heavy atom. The zero-order chi connectivity index (χ0) is 14.4. The number of aliphatic hydroxyl groups is 1. The summed E-state index contributed by atoms with van der Waals surface area (Å²) in [5.41, 5.74) is 1.79. The van der Waals surface area contributed by atoms with Gasteiger partial charge in [-0.2, -0.15) is 5.10 Å². The second-order valence-electron chi connectivity index (χ2n) is 6.03. The van der Waals surface area contributed by atoms with E-state index in [1.165, 1.54) is 0 Å². The molecule has 2 rings (SSSR count). The van der Waals surface area contributed by atoms with Crippen molar-refractivity contribution in [1.29, 1.82) is 0 Å². The topological polar surface area (TPSA) is 56.5 Å². The summed E-state index contributed by atoms with van der Waals surface area (Å²) in [6.07, 6.45) is 0.822. The quantitative estimate of drug-likeness (QED) is 0.821. The van der Waals surface area contributed by atoms with Crippen molar-refractivity contribution in [3.05, 3.63) is 11.4 Å². The molecule has 1 N–H and O–H groups in total. The fourth-order valence-corrected chi connectivity index (χ4v) is 2.41. The number of hydrogen-bond acceptors (Lipinski definition) is 4. The number of hydrogen-bond donors (Lipinski definition) is 1. The standard InChI is InChI=1S/C13H23BN2O3/c1-7-10-11(9(8-17)15-16(10)6)14-18-12(2,3)13(4,5)19-14/h17H,7-8H2,1-6H3. The molecule has 1 aliphatic heterocycles. The summed E-state index contributed by atoms with van der Waals surface area (Å²) in [5.74, 6) is 0. The maximum Gasteiger partial charge on any atom is 0.498 e. The number of nitrogens with zero attached hydrogens (tertiary/aromatic N) is 2. The Morgan fingerprint density at radius 3 is 2.16 bits per heavy atom. The summed E-state index contributed by atoms with van der Waals surface area (Å²) in [6, 6.07) is 0. The fraction of sp³-hybridized carbons (Fsp3) is 0.769. The number of rotatable bonds is 3. The lowest BCUT2D eigenvalue weighted by Crippen LogP contribution is -2.41. The van der Waals surface area contributed by atoms with Crippen LogP contribution in [-0.2, 0) is 29.4 Å². The van der Waals surface area contributed by atoms with Gasteiger partial charge in [-0.05, 0) is 34.1 Å². The van der Waals surface area contributed by atoms with E-state index in [2.05, 4.69) is 12.0 Å². The van der Waals surface area contributed by atoms with Crippen molar-refractivity contribution in [3.8, 4) is 0 Å². The third-order valence-electron chi connectivity index (χ3n) is 4.26. The van der Waals surface area contributed by atoms with E-state index in [1.54, 1.807) is 4.68 Å². The lowest BCUT2D eigenvalue weighted by molar-refractivity contribution is 0.00578. The summed E-state index contributed by atoms with van der Waals surface area (Å²) in [6.45, 7) is 10.0. The van der Waals surface area contributed by atoms with Crippen molar-refractivity contribution in [2.45, 2.75) is 58.8 Å². The van der Waals surface area contributed by atoms with E-state index in [9.17, 15) is 5.11 Å². The smallest absolute Gasteiger partial charge is 0.399 e. The molecule has 1 fully saturated rings. The predicted octanol–water partition coefficient (Wildman–Crippen LogP) is 0.774. The number of aryl methyl sites for hydroxylation is 1. The molecular weight excluding hydrogens is 243 g/mol. The molecule has 5 nitrogen and oxygen atoms in total. The molecule has 0 saturated carbocycles. The Kier molecular flexibility index (Phi) is 3.54. The van der Waals surface area contributed by atoms with Crippen LogP contribution in [-0.4, -0.2) is 33.2 Å². The van der Waals surface area contributed by atoms with E-state index in [0.29, 0.717) is 5.69 Å². The first kappa shape index (κ1) is 14.6. The largest absolute Gasteiger partial charge is 0.498 e. The monoisotopic (exact) mass is 266 g/mol. The van der Waals surface area contributed by atoms with Crippen molar-refractivity contribution >= 4 is 12.6 Å². The first-order valence-electron chi connectivity index (χ1n) is 6.74. The van der Waals surface area contributed by atoms with Gasteiger partial charge in [-0.25, -0.2) is 0 Å². The van der Waals surface area contributed by atoms with Crippen LogP contribution in [0.3, 0.4) is 0 Å². The first-order chi connectivity index (χ1) is 8.73. The summed E-state index contributed by atoms with van der Waals surface area (Å²) >= 11 is 0. The van der Waals surface area contributed by atoms with Crippen molar-refractivity contribution in [1.82, 2.24) is 9.78 Å². The lowest BCUT2D eigenvalue weighted by atomic mass is 9.76. The lowest BCUT2D eigenvalue weighted by Gasteiger charge is -2.32. The summed E-state index contributed by atoms with van der Waals surface area (Å²) in [4.78, 5) is 0. The molecule has 1 aliphatic rings. The summed E-state index contributed by atoms with van der Waals surface area (Å²) < 4.78 is 13.9. The van der Waals surface area contributed by atoms with Gasteiger partial charge in [-0.1, -0.05) is 6.92 Å². The van der Waals surface area contributed by atoms with Gasteiger partial charge in [0.25, 0.3) is 0 Å². The summed E-state index contributed by atoms with van der Waals surface area (Å²) in [7, 11) is 1.42. The minimum atomic E-state index is -0.462. The summed E-state index contributed by atoms with van der Waals surface area (Å²) in [5, 5.41) is 13.8. The van der Waals surface area contributed by atoms with Gasteiger partial charge in [0.05, 0.1) is 23.5 Å². The molecule has 0 radical (unpaired) electrons. The van der Waals surface area contributed by atoms with E-state index in [0.717, 1.165) is 17.6 Å². The highest BCUT2D eigenvalue weighted by atomic mass is 16.7. The Hall–Kier alpha value is -0.845. The maximum absolute atomic E-state index is 9.49. The van der Waals surface area contributed by atoms with Gasteiger partial charge in [0.2, 0.25) is 0 Å². The second kappa shape index (κ2) is 4.61. The van der Waals surface area contributed by atoms with Crippen LogP contribution in [0.4, 0.5) is 0 Å². The average Bonchev–Trinajstić information content (AvgIpc) is 2.73. The molecular formula is C13H23BN2O3. The number of aromatic nitrogens is 2. The molecule has 1 saturated heterocycles. The normalized spacial score (nSPS) is 21.1. The van der Waals surface area contributed by atoms with Gasteiger partial charge in [0, 0.05) is 18.2 Å². The van der Waals surface area contributed by atoms with Crippen molar-refractivity contribution in [2.75, 3.05) is 0 Å². The predicted molar refractivity (Wildman–Crippen MR) is 74.2 cm³/mol. The van der Waals surface area contributed by atoms with Gasteiger partial charge in [0.1, 0.15) is 0 Å². The van der Waals surface area contributed by atoms with Crippen LogP contribution < -0.4 is 5.46 Å². The molecule has 1 aromatic rings. The Morgan fingerprint density at radius 1 is 1.21 bits per heavy atom. The molecule has 0 atom stereocenters. The van der Waals surface area contributed by atoms with Gasteiger partial charge in [-0.15, -0.1) is 0 Å². The molecule has 19 heavy (non-hydrogen) atoms. The zero-order valence-corrected chi connectivity index (χ0v) is 12.6. The van der Waals surface area contributed by atoms with Gasteiger partial charge in [0.15, 0.2) is 0 Å². The Labute approximate surface area is 115 Å². The van der Waals surface area contributed by atoms with Gasteiger partial charge in [-0.3, -0.25) is 4.68 Å². The van der Waals surface area contributed by atoms with Crippen LogP contribution in [0.25, 0.3) is 0 Å². The molecule has 0 unspecified atom stereocenters. The van der Waals surface area contributed by atoms with E-state index in [1.807, 2.05) is 34.7 Å². The minimum absolute atomic E-state index is 0.104. The molecule has 2 heterocycles. The van der Waals surface area contributed by atoms with E-state index in [4.69, 9.17) is 9.31 Å². The van der Waals surface area contributed by atoms with Crippen LogP contribution in [0.2, 0.25) is 0 Å². The van der Waals surface area contributed by atoms with Crippen molar-refractivity contribution < 1.29 is 14.4 Å². The molecule has 0 aromatic carbocycles. The highest BCUT2D eigenvalue weighted by molar-refractivity contribution is 6.63. The molecule has 0 bridgehead atoms. The maximum atomic E-state index is 9.49. The van der Waals surface area contributed by atoms with Gasteiger partial charge < -0.3 is 14.4 Å². The Bertz CT molecular complexity index is 466. The highest BCUT2D eigenvalue weighted by Crippen LogP contribution is 2.36. The van der Waals surface area contributed by atoms with Crippen molar-refractivity contribution in [2.24, 2.45) is 7.05 Å². The Balaban J connectivity index is 2.44. The van der Waals surface area contributed by atoms with Crippen molar-refractivity contribution in [3.63, 3.8) is 0 Å². The molecule has 6 heteroatoms. The van der Waals surface area contributed by atoms with Gasteiger partial charge >= 0.3 is 7.12 Å². The average molecular weight is 266 g/mol. The minimum Gasteiger partial charge on any atom is -0.399 e. The van der Waals surface area contributed by atoms with Crippen LogP contribution in [0, 0.1) is 0 Å². The third-order valence-corrected chi connectivity index (χ3v) is 4.26. The van der Waals surface area contributed by atoms with Crippen LogP contribution in [0.15, 0.2) is 0 Å². The fourth-order valence-electron chi connectivity index (χ4n) is 2.41. The first-order valence-corrected chi connectivity index (χ1v) is 6.74. The molecule has 0 aliphatic carbocycles. The number of aliphatic hydroxyl groups excluding tert-OH is 1. The van der Waals surface area contributed by atoms with Crippen LogP contribution in [0.5, 0.6) is 0 Å². The second-order valence-corrected chi connectivity index (χ2v) is 6.03. The van der Waals surface area contributed by atoms with Crippen LogP contribution in [0.1, 0.15) is 46.0 Å². The molecule has 0 spiro atoms. The van der Waals surface area contributed by atoms with E-state index in [-0.39, 0.29) is 17.8 Å².